The summed E-state index contributed by atoms with van der Waals surface area (Å²) in [5, 5.41) is 3.73. The summed E-state index contributed by atoms with van der Waals surface area (Å²) in [7, 11) is 0. The molecular weight excluding hydrogens is 342 g/mol. The second kappa shape index (κ2) is 8.08. The van der Waals surface area contributed by atoms with Crippen LogP contribution in [0.5, 0.6) is 5.75 Å². The summed E-state index contributed by atoms with van der Waals surface area (Å²) in [6.07, 6.45) is 1.04. The molecule has 0 saturated carbocycles. The maximum Gasteiger partial charge on any atom is 0.336 e. The Labute approximate surface area is 158 Å². The van der Waals surface area contributed by atoms with Gasteiger partial charge in [-0.25, -0.2) is 4.79 Å². The van der Waals surface area contributed by atoms with Gasteiger partial charge in [0.05, 0.1) is 0 Å². The van der Waals surface area contributed by atoms with Gasteiger partial charge in [0.15, 0.2) is 6.10 Å². The van der Waals surface area contributed by atoms with Crippen LogP contribution in [0.1, 0.15) is 31.4 Å². The van der Waals surface area contributed by atoms with Crippen LogP contribution in [0.25, 0.3) is 11.0 Å². The molecular formula is C22H23NO4. The van der Waals surface area contributed by atoms with Crippen LogP contribution in [0.4, 0.5) is 5.69 Å². The Kier molecular flexibility index (Phi) is 5.60. The lowest BCUT2D eigenvalue weighted by molar-refractivity contribution is -0.122. The number of rotatable bonds is 6. The van der Waals surface area contributed by atoms with E-state index in [1.165, 1.54) is 6.07 Å². The number of ether oxygens (including phenoxy) is 1. The van der Waals surface area contributed by atoms with E-state index in [0.29, 0.717) is 11.3 Å². The van der Waals surface area contributed by atoms with Crippen LogP contribution in [-0.2, 0) is 11.2 Å². The molecule has 1 heterocycles. The summed E-state index contributed by atoms with van der Waals surface area (Å²) in [6, 6.07) is 14.4. The molecule has 140 valence electrons. The number of carbonyl (C=O) groups is 1. The molecule has 0 aliphatic rings. The summed E-state index contributed by atoms with van der Waals surface area (Å²) in [5.74, 6) is 0.230. The fourth-order valence-electron chi connectivity index (χ4n) is 2.98. The number of amides is 1. The Morgan fingerprint density at radius 3 is 2.74 bits per heavy atom. The molecule has 0 radical (unpaired) electrons. The highest BCUT2D eigenvalue weighted by Crippen LogP contribution is 2.24. The molecule has 0 aliphatic heterocycles. The normalized spacial score (nSPS) is 12.0. The van der Waals surface area contributed by atoms with Crippen molar-refractivity contribution in [1.82, 2.24) is 0 Å². The third kappa shape index (κ3) is 4.56. The molecule has 2 aromatic carbocycles. The highest BCUT2D eigenvalue weighted by Gasteiger charge is 2.16. The largest absolute Gasteiger partial charge is 0.481 e. The molecule has 0 fully saturated rings. The third-order valence-electron chi connectivity index (χ3n) is 4.29. The van der Waals surface area contributed by atoms with Crippen LogP contribution in [0.2, 0.25) is 0 Å². The van der Waals surface area contributed by atoms with Crippen molar-refractivity contribution < 1.29 is 13.9 Å². The summed E-state index contributed by atoms with van der Waals surface area (Å²) in [4.78, 5) is 24.2. The summed E-state index contributed by atoms with van der Waals surface area (Å²) in [5.41, 5.74) is 2.83. The van der Waals surface area contributed by atoms with Gasteiger partial charge >= 0.3 is 5.63 Å². The van der Waals surface area contributed by atoms with Gasteiger partial charge in [-0.2, -0.15) is 0 Å². The zero-order valence-electron chi connectivity index (χ0n) is 15.7. The maximum absolute atomic E-state index is 12.4. The van der Waals surface area contributed by atoms with Crippen molar-refractivity contribution in [3.8, 4) is 5.75 Å². The van der Waals surface area contributed by atoms with Gasteiger partial charge in [-0.05, 0) is 55.7 Å². The number of anilines is 1. The number of carbonyl (C=O) groups excluding carboxylic acids is 1. The van der Waals surface area contributed by atoms with E-state index in [0.717, 1.165) is 35.0 Å². The molecule has 5 nitrogen and oxygen atoms in total. The van der Waals surface area contributed by atoms with E-state index in [1.807, 2.05) is 37.3 Å². The van der Waals surface area contributed by atoms with Crippen molar-refractivity contribution in [2.24, 2.45) is 0 Å². The first kappa shape index (κ1) is 18.7. The Morgan fingerprint density at radius 2 is 2.00 bits per heavy atom. The van der Waals surface area contributed by atoms with Gasteiger partial charge in [0.25, 0.3) is 5.91 Å². The summed E-state index contributed by atoms with van der Waals surface area (Å²) >= 11 is 0. The molecule has 0 aliphatic carbocycles. The van der Waals surface area contributed by atoms with Crippen LogP contribution in [0.15, 0.2) is 57.7 Å². The number of hydrogen-bond acceptors (Lipinski definition) is 4. The first-order valence-corrected chi connectivity index (χ1v) is 9.07. The predicted molar refractivity (Wildman–Crippen MR) is 106 cm³/mol. The molecule has 1 aromatic heterocycles. The summed E-state index contributed by atoms with van der Waals surface area (Å²) in [6.45, 7) is 5.71. The zero-order chi connectivity index (χ0) is 19.4. The van der Waals surface area contributed by atoms with Crippen molar-refractivity contribution in [2.75, 3.05) is 5.32 Å². The molecule has 0 bridgehead atoms. The Bertz CT molecular complexity index is 1020. The molecule has 5 heteroatoms. The second-order valence-corrected chi connectivity index (χ2v) is 6.62. The third-order valence-corrected chi connectivity index (χ3v) is 4.29. The van der Waals surface area contributed by atoms with Gasteiger partial charge in [-0.1, -0.05) is 25.5 Å². The van der Waals surface area contributed by atoms with Crippen LogP contribution in [0.3, 0.4) is 0 Å². The minimum Gasteiger partial charge on any atom is -0.481 e. The average molecular weight is 365 g/mol. The number of hydrogen-bond donors (Lipinski definition) is 1. The topological polar surface area (TPSA) is 68.5 Å². The van der Waals surface area contributed by atoms with Crippen LogP contribution in [0, 0.1) is 6.92 Å². The lowest BCUT2D eigenvalue weighted by Crippen LogP contribution is -2.30. The monoisotopic (exact) mass is 365 g/mol. The van der Waals surface area contributed by atoms with E-state index in [9.17, 15) is 9.59 Å². The number of fused-ring (bicyclic) bond motifs is 1. The predicted octanol–water partition coefficient (Wildman–Crippen LogP) is 4.46. The maximum atomic E-state index is 12.4. The van der Waals surface area contributed by atoms with Gasteiger partial charge in [-0.15, -0.1) is 0 Å². The summed E-state index contributed by atoms with van der Waals surface area (Å²) < 4.78 is 11.1. The first-order chi connectivity index (χ1) is 13.0. The van der Waals surface area contributed by atoms with E-state index >= 15 is 0 Å². The number of benzene rings is 2. The second-order valence-electron chi connectivity index (χ2n) is 6.62. The van der Waals surface area contributed by atoms with E-state index in [-0.39, 0.29) is 11.5 Å². The standard InChI is InChI=1S/C22H23NO4/c1-4-6-16-12-21(24)27-20-13-18(9-10-19(16)20)26-15(3)22(25)23-17-8-5-7-14(2)11-17/h5,7-13,15H,4,6H2,1-3H3,(H,23,25)/t15-/m1/s1. The average Bonchev–Trinajstić information content (AvgIpc) is 2.61. The molecule has 0 unspecified atom stereocenters. The van der Waals surface area contributed by atoms with Crippen molar-refractivity contribution in [3.63, 3.8) is 0 Å². The molecule has 3 rings (SSSR count). The van der Waals surface area contributed by atoms with Crippen LogP contribution < -0.4 is 15.7 Å². The number of aryl methyl sites for hydroxylation is 2. The van der Waals surface area contributed by atoms with E-state index in [2.05, 4.69) is 12.2 Å². The molecule has 0 spiro atoms. The van der Waals surface area contributed by atoms with Gasteiger partial charge in [0.1, 0.15) is 11.3 Å². The Morgan fingerprint density at radius 1 is 1.19 bits per heavy atom. The Hall–Kier alpha value is -3.08. The fraction of sp³-hybridized carbons (Fsp3) is 0.273. The minimum absolute atomic E-state index is 0.248. The lowest BCUT2D eigenvalue weighted by atomic mass is 10.1. The van der Waals surface area contributed by atoms with E-state index < -0.39 is 6.10 Å². The number of nitrogens with one attached hydrogen (secondary N) is 1. The molecule has 1 atom stereocenters. The van der Waals surface area contributed by atoms with Crippen molar-refractivity contribution >= 4 is 22.6 Å². The lowest BCUT2D eigenvalue weighted by Gasteiger charge is -2.15. The molecule has 0 saturated heterocycles. The fourth-order valence-corrected chi connectivity index (χ4v) is 2.98. The highest BCUT2D eigenvalue weighted by atomic mass is 16.5. The van der Waals surface area contributed by atoms with E-state index in [1.54, 1.807) is 19.1 Å². The quantitative estimate of drug-likeness (QED) is 0.655. The molecule has 27 heavy (non-hydrogen) atoms. The van der Waals surface area contributed by atoms with Crippen molar-refractivity contribution in [3.05, 3.63) is 70.1 Å². The highest BCUT2D eigenvalue weighted by molar-refractivity contribution is 5.94. The van der Waals surface area contributed by atoms with Crippen molar-refractivity contribution in [1.29, 1.82) is 0 Å². The minimum atomic E-state index is -0.700. The van der Waals surface area contributed by atoms with Gasteiger partial charge in [-0.3, -0.25) is 4.79 Å². The smallest absolute Gasteiger partial charge is 0.336 e. The zero-order valence-corrected chi connectivity index (χ0v) is 15.7. The SMILES string of the molecule is CCCc1cc(=O)oc2cc(O[C@H](C)C(=O)Nc3cccc(C)c3)ccc12. The molecule has 3 aromatic rings. The van der Waals surface area contributed by atoms with Crippen LogP contribution >= 0.6 is 0 Å². The first-order valence-electron chi connectivity index (χ1n) is 9.07. The van der Waals surface area contributed by atoms with Gasteiger partial charge in [0, 0.05) is 23.2 Å². The van der Waals surface area contributed by atoms with Crippen LogP contribution in [-0.4, -0.2) is 12.0 Å². The molecule has 1 N–H and O–H groups in total. The van der Waals surface area contributed by atoms with E-state index in [4.69, 9.17) is 9.15 Å². The van der Waals surface area contributed by atoms with Gasteiger partial charge < -0.3 is 14.5 Å². The van der Waals surface area contributed by atoms with Gasteiger partial charge in [0.2, 0.25) is 0 Å². The van der Waals surface area contributed by atoms with Crippen molar-refractivity contribution in [2.45, 2.75) is 39.7 Å². The molecule has 1 amide bonds. The Balaban J connectivity index is 1.77.